The Labute approximate surface area is 67.5 Å². The van der Waals surface area contributed by atoms with Crippen LogP contribution in [0.2, 0.25) is 0 Å². The van der Waals surface area contributed by atoms with Gasteiger partial charge in [0.05, 0.1) is 11.7 Å². The van der Waals surface area contributed by atoms with Gasteiger partial charge in [-0.3, -0.25) is 10.1 Å². The van der Waals surface area contributed by atoms with E-state index in [9.17, 15) is 4.79 Å². The van der Waals surface area contributed by atoms with Crippen molar-refractivity contribution in [3.63, 3.8) is 0 Å². The molecule has 1 aliphatic rings. The summed E-state index contributed by atoms with van der Waals surface area (Å²) in [7, 11) is 0. The molecule has 0 aromatic heterocycles. The zero-order valence-electron chi connectivity index (χ0n) is 7.56. The summed E-state index contributed by atoms with van der Waals surface area (Å²) in [6, 6.07) is -0.0533. The van der Waals surface area contributed by atoms with E-state index in [1.165, 1.54) is 0 Å². The molecule has 2 atom stereocenters. The fourth-order valence-corrected chi connectivity index (χ4v) is 1.23. The second kappa shape index (κ2) is 2.48. The summed E-state index contributed by atoms with van der Waals surface area (Å²) >= 11 is 0. The van der Waals surface area contributed by atoms with Crippen LogP contribution in [0.15, 0.2) is 0 Å². The lowest BCUT2D eigenvalue weighted by Gasteiger charge is -2.29. The van der Waals surface area contributed by atoms with Crippen LogP contribution in [0.4, 0.5) is 0 Å². The zero-order valence-corrected chi connectivity index (χ0v) is 7.56. The number of hydrogen-bond acceptors (Lipinski definition) is 2. The second-order valence-corrected chi connectivity index (χ2v) is 3.71. The minimum Gasteiger partial charge on any atom is -0.337 e. The van der Waals surface area contributed by atoms with Gasteiger partial charge in [-0.15, -0.1) is 0 Å². The molecular weight excluding hydrogens is 140 g/mol. The average molecular weight is 156 g/mol. The van der Waals surface area contributed by atoms with Crippen molar-refractivity contribution in [3.8, 4) is 0 Å². The largest absolute Gasteiger partial charge is 0.337 e. The third-order valence-corrected chi connectivity index (χ3v) is 2.45. The molecule has 1 rings (SSSR count). The Balaban J connectivity index is 2.71. The number of nitrogens with one attached hydrogen (secondary N) is 2. The van der Waals surface area contributed by atoms with Crippen molar-refractivity contribution in [2.24, 2.45) is 5.92 Å². The van der Waals surface area contributed by atoms with Gasteiger partial charge in [-0.05, 0) is 19.8 Å². The van der Waals surface area contributed by atoms with Crippen molar-refractivity contribution >= 4 is 5.91 Å². The Bertz CT molecular complexity index is 179. The maximum absolute atomic E-state index is 11.1. The zero-order chi connectivity index (χ0) is 8.65. The van der Waals surface area contributed by atoms with E-state index in [1.54, 1.807) is 0 Å². The molecule has 0 radical (unpaired) electrons. The second-order valence-electron chi connectivity index (χ2n) is 3.71. The SMILES string of the molecule is CC1NC(C)(C(C)C)NC1=O. The highest BCUT2D eigenvalue weighted by atomic mass is 16.2. The minimum atomic E-state index is -0.212. The predicted molar refractivity (Wildman–Crippen MR) is 44.0 cm³/mol. The molecule has 64 valence electrons. The van der Waals surface area contributed by atoms with Crippen LogP contribution < -0.4 is 10.6 Å². The smallest absolute Gasteiger partial charge is 0.238 e. The van der Waals surface area contributed by atoms with E-state index < -0.39 is 0 Å². The molecule has 2 unspecified atom stereocenters. The van der Waals surface area contributed by atoms with E-state index in [2.05, 4.69) is 24.5 Å². The van der Waals surface area contributed by atoms with Gasteiger partial charge in [0.25, 0.3) is 0 Å². The summed E-state index contributed by atoms with van der Waals surface area (Å²) in [5, 5.41) is 6.15. The van der Waals surface area contributed by atoms with Crippen molar-refractivity contribution in [2.75, 3.05) is 0 Å². The van der Waals surface area contributed by atoms with Gasteiger partial charge in [-0.1, -0.05) is 13.8 Å². The van der Waals surface area contributed by atoms with Crippen LogP contribution in [0, 0.1) is 5.92 Å². The molecule has 1 heterocycles. The topological polar surface area (TPSA) is 41.1 Å². The molecular formula is C8H16N2O. The summed E-state index contributed by atoms with van der Waals surface area (Å²) in [6.07, 6.45) is 0. The molecule has 1 aliphatic heterocycles. The van der Waals surface area contributed by atoms with Gasteiger partial charge >= 0.3 is 0 Å². The predicted octanol–water partition coefficient (Wildman–Crippen LogP) is 0.466. The first kappa shape index (κ1) is 8.53. The molecule has 0 saturated carbocycles. The van der Waals surface area contributed by atoms with E-state index >= 15 is 0 Å². The van der Waals surface area contributed by atoms with E-state index in [0.29, 0.717) is 5.92 Å². The molecule has 1 saturated heterocycles. The summed E-state index contributed by atoms with van der Waals surface area (Å²) in [4.78, 5) is 11.1. The van der Waals surface area contributed by atoms with Gasteiger partial charge < -0.3 is 5.32 Å². The lowest BCUT2D eigenvalue weighted by molar-refractivity contribution is -0.120. The average Bonchev–Trinajstić information content (AvgIpc) is 2.09. The number of carbonyl (C=O) groups excluding carboxylic acids is 1. The maximum Gasteiger partial charge on any atom is 0.238 e. The van der Waals surface area contributed by atoms with Gasteiger partial charge in [0.15, 0.2) is 0 Å². The van der Waals surface area contributed by atoms with E-state index in [1.807, 2.05) is 13.8 Å². The Morgan fingerprint density at radius 3 is 2.27 bits per heavy atom. The van der Waals surface area contributed by atoms with Crippen molar-refractivity contribution < 1.29 is 4.79 Å². The van der Waals surface area contributed by atoms with Gasteiger partial charge in [-0.25, -0.2) is 0 Å². The molecule has 0 bridgehead atoms. The van der Waals surface area contributed by atoms with Gasteiger partial charge in [0.1, 0.15) is 0 Å². The molecule has 1 amide bonds. The first-order chi connectivity index (χ1) is 4.96. The molecule has 3 nitrogen and oxygen atoms in total. The van der Waals surface area contributed by atoms with Crippen LogP contribution in [0.3, 0.4) is 0 Å². The fraction of sp³-hybridized carbons (Fsp3) is 0.875. The number of hydrogen-bond donors (Lipinski definition) is 2. The van der Waals surface area contributed by atoms with Crippen LogP contribution in [0.1, 0.15) is 27.7 Å². The molecule has 1 fully saturated rings. The summed E-state index contributed by atoms with van der Waals surface area (Å²) in [5.41, 5.74) is -0.212. The molecule has 3 heteroatoms. The van der Waals surface area contributed by atoms with Crippen LogP contribution in [0.5, 0.6) is 0 Å². The maximum atomic E-state index is 11.1. The number of rotatable bonds is 1. The van der Waals surface area contributed by atoms with Gasteiger partial charge in [0, 0.05) is 0 Å². The van der Waals surface area contributed by atoms with Crippen molar-refractivity contribution in [1.29, 1.82) is 0 Å². The van der Waals surface area contributed by atoms with Crippen LogP contribution >= 0.6 is 0 Å². The van der Waals surface area contributed by atoms with Crippen molar-refractivity contribution in [3.05, 3.63) is 0 Å². The minimum absolute atomic E-state index is 0.0533. The standard InChI is InChI=1S/C8H16N2O/c1-5(2)8(4)9-6(3)7(11)10-8/h5-6,9H,1-4H3,(H,10,11). The number of amides is 1. The Hall–Kier alpha value is -0.570. The Kier molecular flexibility index (Phi) is 1.92. The van der Waals surface area contributed by atoms with E-state index in [4.69, 9.17) is 0 Å². The quantitative estimate of drug-likeness (QED) is 0.579. The fourth-order valence-electron chi connectivity index (χ4n) is 1.23. The lowest BCUT2D eigenvalue weighted by Crippen LogP contribution is -2.51. The molecule has 0 aliphatic carbocycles. The summed E-state index contributed by atoms with van der Waals surface area (Å²) in [5.74, 6) is 0.512. The molecule has 0 aromatic carbocycles. The lowest BCUT2D eigenvalue weighted by atomic mass is 9.99. The monoisotopic (exact) mass is 156 g/mol. The normalized spacial score (nSPS) is 37.9. The summed E-state index contributed by atoms with van der Waals surface area (Å²) in [6.45, 7) is 8.07. The van der Waals surface area contributed by atoms with Gasteiger partial charge in [-0.2, -0.15) is 0 Å². The molecule has 11 heavy (non-hydrogen) atoms. The Morgan fingerprint density at radius 2 is 2.09 bits per heavy atom. The van der Waals surface area contributed by atoms with Crippen molar-refractivity contribution in [2.45, 2.75) is 39.4 Å². The molecule has 2 N–H and O–H groups in total. The number of carbonyl (C=O) groups is 1. The highest BCUT2D eigenvalue weighted by Crippen LogP contribution is 2.18. The third kappa shape index (κ3) is 1.38. The molecule has 0 aromatic rings. The van der Waals surface area contributed by atoms with Crippen molar-refractivity contribution in [1.82, 2.24) is 10.6 Å². The van der Waals surface area contributed by atoms with E-state index in [-0.39, 0.29) is 17.6 Å². The van der Waals surface area contributed by atoms with E-state index in [0.717, 1.165) is 0 Å². The van der Waals surface area contributed by atoms with Crippen LogP contribution in [-0.2, 0) is 4.79 Å². The molecule has 0 spiro atoms. The first-order valence-corrected chi connectivity index (χ1v) is 4.05. The van der Waals surface area contributed by atoms with Crippen LogP contribution in [0.25, 0.3) is 0 Å². The third-order valence-electron chi connectivity index (χ3n) is 2.45. The summed E-state index contributed by atoms with van der Waals surface area (Å²) < 4.78 is 0. The Morgan fingerprint density at radius 1 is 1.55 bits per heavy atom. The van der Waals surface area contributed by atoms with Gasteiger partial charge in [0.2, 0.25) is 5.91 Å². The van der Waals surface area contributed by atoms with Crippen LogP contribution in [-0.4, -0.2) is 17.6 Å². The highest BCUT2D eigenvalue weighted by molar-refractivity contribution is 5.84. The first-order valence-electron chi connectivity index (χ1n) is 4.05. The highest BCUT2D eigenvalue weighted by Gasteiger charge is 2.39.